The molecule has 0 fully saturated rings. The molecular weight excluding hydrogens is 434 g/mol. The van der Waals surface area contributed by atoms with E-state index >= 15 is 0 Å². The summed E-state index contributed by atoms with van der Waals surface area (Å²) >= 11 is 5.07. The highest BCUT2D eigenvalue weighted by molar-refractivity contribution is 9.10. The number of nitrogens with zero attached hydrogens (tertiary/aromatic N) is 3. The molecule has 0 saturated heterocycles. The zero-order valence-corrected chi connectivity index (χ0v) is 19.2. The average Bonchev–Trinajstić information content (AvgIpc) is 3.09. The minimum Gasteiger partial charge on any atom is -0.302 e. The lowest BCUT2D eigenvalue weighted by Gasteiger charge is -2.24. The molecule has 0 bridgehead atoms. The molecule has 0 aliphatic rings. The largest absolute Gasteiger partial charge is 0.302 e. The van der Waals surface area contributed by atoms with Gasteiger partial charge in [-0.2, -0.15) is 0 Å². The first kappa shape index (κ1) is 21.0. The normalized spacial score (nSPS) is 11.4. The summed E-state index contributed by atoms with van der Waals surface area (Å²) in [7, 11) is 0. The number of anilines is 1. The molecule has 4 nitrogen and oxygen atoms in total. The fraction of sp³-hybridized carbons (Fsp3) is 0.364. The number of benzene rings is 2. The Morgan fingerprint density at radius 1 is 1.11 bits per heavy atom. The van der Waals surface area contributed by atoms with E-state index in [2.05, 4.69) is 60.7 Å². The monoisotopic (exact) mass is 459 g/mol. The van der Waals surface area contributed by atoms with Crippen LogP contribution in [0.15, 0.2) is 40.9 Å². The van der Waals surface area contributed by atoms with Crippen LogP contribution in [0.1, 0.15) is 35.3 Å². The van der Waals surface area contributed by atoms with Crippen molar-refractivity contribution in [2.24, 2.45) is 0 Å². The van der Waals surface area contributed by atoms with Crippen LogP contribution in [0.5, 0.6) is 0 Å². The summed E-state index contributed by atoms with van der Waals surface area (Å²) in [6, 6.07) is 11.8. The van der Waals surface area contributed by atoms with Gasteiger partial charge in [0.25, 0.3) is 5.91 Å². The molecule has 28 heavy (non-hydrogen) atoms. The fourth-order valence-corrected chi connectivity index (χ4v) is 4.76. The Morgan fingerprint density at radius 2 is 1.86 bits per heavy atom. The Morgan fingerprint density at radius 3 is 2.54 bits per heavy atom. The third kappa shape index (κ3) is 4.62. The van der Waals surface area contributed by atoms with E-state index < -0.39 is 0 Å². The average molecular weight is 460 g/mol. The second kappa shape index (κ2) is 9.16. The minimum absolute atomic E-state index is 0.0121. The minimum atomic E-state index is -0.0121. The predicted molar refractivity (Wildman–Crippen MR) is 123 cm³/mol. The number of amides is 1. The molecule has 148 valence electrons. The van der Waals surface area contributed by atoms with Crippen LogP contribution in [0.3, 0.4) is 0 Å². The van der Waals surface area contributed by atoms with Crippen molar-refractivity contribution < 1.29 is 4.79 Å². The van der Waals surface area contributed by atoms with Gasteiger partial charge in [-0.1, -0.05) is 53.2 Å². The molecule has 0 unspecified atom stereocenters. The molecule has 3 rings (SSSR count). The number of rotatable bonds is 7. The summed E-state index contributed by atoms with van der Waals surface area (Å²) in [6.07, 6.45) is 0. The van der Waals surface area contributed by atoms with Crippen LogP contribution in [0, 0.1) is 13.8 Å². The molecule has 3 aromatic rings. The second-order valence-electron chi connectivity index (χ2n) is 6.92. The molecule has 6 heteroatoms. The number of aryl methyl sites for hydroxylation is 2. The van der Waals surface area contributed by atoms with E-state index in [0.29, 0.717) is 12.1 Å². The van der Waals surface area contributed by atoms with Crippen LogP contribution < -0.4 is 4.90 Å². The smallest absolute Gasteiger partial charge is 0.260 e. The van der Waals surface area contributed by atoms with E-state index in [4.69, 9.17) is 4.98 Å². The molecule has 1 amide bonds. The van der Waals surface area contributed by atoms with E-state index in [1.165, 1.54) is 11.1 Å². The SMILES string of the molecule is CCN(CC)CCN(C(=O)c1cccc(Br)c1)c1nc2cc(C)cc(C)c2s1. The van der Waals surface area contributed by atoms with Crippen LogP contribution in [-0.4, -0.2) is 42.0 Å². The summed E-state index contributed by atoms with van der Waals surface area (Å²) in [5.74, 6) is -0.0121. The van der Waals surface area contributed by atoms with Gasteiger partial charge in [-0.15, -0.1) is 0 Å². The highest BCUT2D eigenvalue weighted by Crippen LogP contribution is 2.33. The van der Waals surface area contributed by atoms with Gasteiger partial charge in [-0.05, 0) is 62.3 Å². The summed E-state index contributed by atoms with van der Waals surface area (Å²) in [6.45, 7) is 11.8. The number of thiazole rings is 1. The molecule has 1 heterocycles. The maximum absolute atomic E-state index is 13.4. The first-order valence-electron chi connectivity index (χ1n) is 9.60. The predicted octanol–water partition coefficient (Wildman–Crippen LogP) is 5.66. The van der Waals surface area contributed by atoms with Crippen LogP contribution in [0.4, 0.5) is 5.13 Å². The summed E-state index contributed by atoms with van der Waals surface area (Å²) in [4.78, 5) is 22.4. The Bertz CT molecular complexity index is 981. The van der Waals surface area contributed by atoms with Crippen molar-refractivity contribution in [3.63, 3.8) is 0 Å². The zero-order chi connectivity index (χ0) is 20.3. The molecular formula is C22H26BrN3OS. The molecule has 0 N–H and O–H groups in total. The Kier molecular flexibility index (Phi) is 6.86. The number of carbonyl (C=O) groups excluding carboxylic acids is 1. The Labute approximate surface area is 179 Å². The van der Waals surface area contributed by atoms with Crippen molar-refractivity contribution in [3.8, 4) is 0 Å². The highest BCUT2D eigenvalue weighted by atomic mass is 79.9. The van der Waals surface area contributed by atoms with Gasteiger partial charge < -0.3 is 4.90 Å². The van der Waals surface area contributed by atoms with Gasteiger partial charge in [0.15, 0.2) is 5.13 Å². The first-order valence-corrected chi connectivity index (χ1v) is 11.2. The van der Waals surface area contributed by atoms with Crippen LogP contribution >= 0.6 is 27.3 Å². The maximum Gasteiger partial charge on any atom is 0.260 e. The highest BCUT2D eigenvalue weighted by Gasteiger charge is 2.22. The summed E-state index contributed by atoms with van der Waals surface area (Å²) in [5.41, 5.74) is 4.03. The van der Waals surface area contributed by atoms with Crippen molar-refractivity contribution in [1.29, 1.82) is 0 Å². The Balaban J connectivity index is 2.00. The van der Waals surface area contributed by atoms with Crippen molar-refractivity contribution in [1.82, 2.24) is 9.88 Å². The van der Waals surface area contributed by atoms with Gasteiger partial charge in [0.1, 0.15) is 0 Å². The third-order valence-electron chi connectivity index (χ3n) is 4.89. The number of aromatic nitrogens is 1. The van der Waals surface area contributed by atoms with Gasteiger partial charge in [-0.25, -0.2) is 4.98 Å². The standard InChI is InChI=1S/C22H26BrN3OS/c1-5-25(6-2)10-11-26(21(27)17-8-7-9-18(23)14-17)22-24-19-13-15(3)12-16(4)20(19)28-22/h7-9,12-14H,5-6,10-11H2,1-4H3. The lowest BCUT2D eigenvalue weighted by Crippen LogP contribution is -2.38. The molecule has 2 aromatic carbocycles. The number of halogens is 1. The van der Waals surface area contributed by atoms with Crippen LogP contribution in [-0.2, 0) is 0 Å². The van der Waals surface area contributed by atoms with Crippen molar-refractivity contribution >= 4 is 48.5 Å². The Hall–Kier alpha value is -1.76. The van der Waals surface area contributed by atoms with E-state index in [1.54, 1.807) is 11.3 Å². The number of fused-ring (bicyclic) bond motifs is 1. The van der Waals surface area contributed by atoms with E-state index in [9.17, 15) is 4.79 Å². The van der Waals surface area contributed by atoms with Crippen molar-refractivity contribution in [3.05, 3.63) is 57.6 Å². The number of hydrogen-bond donors (Lipinski definition) is 0. The molecule has 0 atom stereocenters. The second-order valence-corrected chi connectivity index (χ2v) is 8.81. The molecule has 0 aliphatic heterocycles. The van der Waals surface area contributed by atoms with Crippen LogP contribution in [0.25, 0.3) is 10.2 Å². The van der Waals surface area contributed by atoms with Gasteiger partial charge in [-0.3, -0.25) is 9.69 Å². The van der Waals surface area contributed by atoms with Gasteiger partial charge in [0, 0.05) is 23.1 Å². The lowest BCUT2D eigenvalue weighted by molar-refractivity contribution is 0.0983. The van der Waals surface area contributed by atoms with E-state index in [-0.39, 0.29) is 5.91 Å². The van der Waals surface area contributed by atoms with Gasteiger partial charge in [0.2, 0.25) is 0 Å². The van der Waals surface area contributed by atoms with Crippen molar-refractivity contribution in [2.45, 2.75) is 27.7 Å². The molecule has 0 radical (unpaired) electrons. The summed E-state index contributed by atoms with van der Waals surface area (Å²) < 4.78 is 2.05. The van der Waals surface area contributed by atoms with E-state index in [1.807, 2.05) is 29.2 Å². The number of carbonyl (C=O) groups is 1. The molecule has 1 aromatic heterocycles. The number of hydrogen-bond acceptors (Lipinski definition) is 4. The number of likely N-dealkylation sites (N-methyl/N-ethyl adjacent to an activating group) is 1. The molecule has 0 aliphatic carbocycles. The quantitative estimate of drug-likeness (QED) is 0.456. The zero-order valence-electron chi connectivity index (χ0n) is 16.8. The van der Waals surface area contributed by atoms with E-state index in [0.717, 1.165) is 39.5 Å². The summed E-state index contributed by atoms with van der Waals surface area (Å²) in [5, 5.41) is 0.765. The fourth-order valence-electron chi connectivity index (χ4n) is 3.32. The van der Waals surface area contributed by atoms with Gasteiger partial charge in [0.05, 0.1) is 10.2 Å². The maximum atomic E-state index is 13.4. The topological polar surface area (TPSA) is 36.4 Å². The van der Waals surface area contributed by atoms with Gasteiger partial charge >= 0.3 is 0 Å². The van der Waals surface area contributed by atoms with Crippen molar-refractivity contribution in [2.75, 3.05) is 31.1 Å². The molecule has 0 spiro atoms. The third-order valence-corrected chi connectivity index (χ3v) is 6.61. The first-order chi connectivity index (χ1) is 13.4. The lowest BCUT2D eigenvalue weighted by atomic mass is 10.1. The van der Waals surface area contributed by atoms with Crippen LogP contribution in [0.2, 0.25) is 0 Å². The molecule has 0 saturated carbocycles.